The number of benzene rings is 2. The first-order chi connectivity index (χ1) is 11.0. The number of aromatic hydroxyl groups is 2. The quantitative estimate of drug-likeness (QED) is 0.852. The Kier molecular flexibility index (Phi) is 3.70. The van der Waals surface area contributed by atoms with Crippen molar-refractivity contribution in [2.75, 3.05) is 14.2 Å². The highest BCUT2D eigenvalue weighted by Gasteiger charge is 2.26. The summed E-state index contributed by atoms with van der Waals surface area (Å²) in [4.78, 5) is 12.5. The highest BCUT2D eigenvalue weighted by atomic mass is 16.5. The normalized spacial score (nSPS) is 14.9. The van der Waals surface area contributed by atoms with Crippen LogP contribution in [0.4, 0.5) is 0 Å². The van der Waals surface area contributed by atoms with E-state index < -0.39 is 0 Å². The molecule has 3 rings (SSSR count). The summed E-state index contributed by atoms with van der Waals surface area (Å²) in [6, 6.07) is 8.06. The standard InChI is InChI=1S/C18H16O5/c1-22-16-4-3-10(6-14(16)19)5-12-7-11-8-17(23-2)15(20)9-13(11)18(12)21/h3-6,8-9,19-20H,7H2,1-2H3/b12-5+. The van der Waals surface area contributed by atoms with Crippen molar-refractivity contribution in [3.8, 4) is 23.0 Å². The molecule has 5 heteroatoms. The molecule has 0 aliphatic heterocycles. The number of phenols is 2. The molecule has 0 atom stereocenters. The van der Waals surface area contributed by atoms with Gasteiger partial charge in [-0.1, -0.05) is 6.07 Å². The first kappa shape index (κ1) is 15.0. The van der Waals surface area contributed by atoms with E-state index in [4.69, 9.17) is 9.47 Å². The second-order valence-corrected chi connectivity index (χ2v) is 5.29. The topological polar surface area (TPSA) is 76.0 Å². The molecule has 0 radical (unpaired) electrons. The average Bonchev–Trinajstić information content (AvgIpc) is 2.82. The van der Waals surface area contributed by atoms with Crippen molar-refractivity contribution in [3.63, 3.8) is 0 Å². The fourth-order valence-electron chi connectivity index (χ4n) is 2.70. The Hall–Kier alpha value is -2.95. The number of ketones is 1. The zero-order chi connectivity index (χ0) is 16.6. The highest BCUT2D eigenvalue weighted by Crippen LogP contribution is 2.37. The minimum absolute atomic E-state index is 0.0177. The molecule has 0 spiro atoms. The molecule has 0 amide bonds. The van der Waals surface area contributed by atoms with Gasteiger partial charge in [0.1, 0.15) is 0 Å². The fourth-order valence-corrected chi connectivity index (χ4v) is 2.70. The van der Waals surface area contributed by atoms with Crippen LogP contribution in [0.1, 0.15) is 21.5 Å². The van der Waals surface area contributed by atoms with Crippen molar-refractivity contribution in [1.82, 2.24) is 0 Å². The Morgan fingerprint density at radius 3 is 2.35 bits per heavy atom. The SMILES string of the molecule is COc1ccc(/C=C2\Cc3cc(OC)c(O)cc3C2=O)cc1O. The van der Waals surface area contributed by atoms with Gasteiger partial charge in [-0.05, 0) is 41.5 Å². The van der Waals surface area contributed by atoms with Crippen LogP contribution < -0.4 is 9.47 Å². The molecule has 1 aliphatic carbocycles. The van der Waals surface area contributed by atoms with Crippen molar-refractivity contribution in [2.45, 2.75) is 6.42 Å². The summed E-state index contributed by atoms with van der Waals surface area (Å²) in [7, 11) is 2.94. The van der Waals surface area contributed by atoms with E-state index in [9.17, 15) is 15.0 Å². The van der Waals surface area contributed by atoms with Gasteiger partial charge in [0.05, 0.1) is 14.2 Å². The predicted octanol–water partition coefficient (Wildman–Crippen LogP) is 2.94. The first-order valence-electron chi connectivity index (χ1n) is 7.05. The molecule has 0 saturated heterocycles. The summed E-state index contributed by atoms with van der Waals surface area (Å²) in [6.07, 6.45) is 2.18. The summed E-state index contributed by atoms with van der Waals surface area (Å²) in [5.74, 6) is 0.558. The summed E-state index contributed by atoms with van der Waals surface area (Å²) >= 11 is 0. The first-order valence-corrected chi connectivity index (χ1v) is 7.05. The van der Waals surface area contributed by atoms with Crippen molar-refractivity contribution < 1.29 is 24.5 Å². The highest BCUT2D eigenvalue weighted by molar-refractivity contribution is 6.15. The van der Waals surface area contributed by atoms with Crippen molar-refractivity contribution in [2.24, 2.45) is 0 Å². The van der Waals surface area contributed by atoms with Crippen molar-refractivity contribution in [3.05, 3.63) is 52.6 Å². The van der Waals surface area contributed by atoms with Gasteiger partial charge in [-0.25, -0.2) is 0 Å². The minimum atomic E-state index is -0.131. The van der Waals surface area contributed by atoms with Crippen LogP contribution in [-0.4, -0.2) is 30.2 Å². The Morgan fingerprint density at radius 1 is 1.00 bits per heavy atom. The second-order valence-electron chi connectivity index (χ2n) is 5.29. The van der Waals surface area contributed by atoms with E-state index in [0.29, 0.717) is 34.6 Å². The molecular formula is C18H16O5. The number of fused-ring (bicyclic) bond motifs is 1. The molecule has 2 aromatic carbocycles. The third kappa shape index (κ3) is 2.61. The number of Topliss-reactive ketones (excluding diaryl/α,β-unsaturated/α-hetero) is 1. The molecule has 23 heavy (non-hydrogen) atoms. The van der Waals surface area contributed by atoms with E-state index in [1.54, 1.807) is 30.3 Å². The van der Waals surface area contributed by atoms with Gasteiger partial charge in [-0.3, -0.25) is 4.79 Å². The number of ether oxygens (including phenoxy) is 2. The Morgan fingerprint density at radius 2 is 1.70 bits per heavy atom. The van der Waals surface area contributed by atoms with E-state index in [1.165, 1.54) is 20.3 Å². The zero-order valence-corrected chi connectivity index (χ0v) is 12.8. The van der Waals surface area contributed by atoms with Crippen molar-refractivity contribution >= 4 is 11.9 Å². The van der Waals surface area contributed by atoms with Gasteiger partial charge < -0.3 is 19.7 Å². The Bertz CT molecular complexity index is 820. The molecule has 0 bridgehead atoms. The minimum Gasteiger partial charge on any atom is -0.504 e. The number of rotatable bonds is 3. The summed E-state index contributed by atoms with van der Waals surface area (Å²) in [6.45, 7) is 0. The maximum Gasteiger partial charge on any atom is 0.189 e. The molecular weight excluding hydrogens is 296 g/mol. The number of phenolic OH excluding ortho intramolecular Hbond substituents is 2. The largest absolute Gasteiger partial charge is 0.504 e. The molecule has 2 aromatic rings. The Balaban J connectivity index is 1.96. The van der Waals surface area contributed by atoms with Crippen LogP contribution >= 0.6 is 0 Å². The van der Waals surface area contributed by atoms with Gasteiger partial charge in [0.25, 0.3) is 0 Å². The lowest BCUT2D eigenvalue weighted by Crippen LogP contribution is -1.95. The number of carbonyl (C=O) groups excluding carboxylic acids is 1. The molecule has 2 N–H and O–H groups in total. The van der Waals surface area contributed by atoms with Crippen LogP contribution in [0.25, 0.3) is 6.08 Å². The summed E-state index contributed by atoms with van der Waals surface area (Å²) in [5, 5.41) is 19.6. The molecule has 0 fully saturated rings. The van der Waals surface area contributed by atoms with E-state index in [-0.39, 0.29) is 17.3 Å². The molecule has 118 valence electrons. The molecule has 0 saturated carbocycles. The lowest BCUT2D eigenvalue weighted by molar-refractivity contribution is 0.104. The number of hydrogen-bond donors (Lipinski definition) is 2. The van der Waals surface area contributed by atoms with Gasteiger partial charge >= 0.3 is 0 Å². The molecule has 0 unspecified atom stereocenters. The predicted molar refractivity (Wildman–Crippen MR) is 85.3 cm³/mol. The third-order valence-corrected chi connectivity index (χ3v) is 3.87. The van der Waals surface area contributed by atoms with Gasteiger partial charge in [-0.2, -0.15) is 0 Å². The molecule has 0 aromatic heterocycles. The van der Waals surface area contributed by atoms with Crippen LogP contribution in [0.3, 0.4) is 0 Å². The molecule has 0 heterocycles. The summed E-state index contributed by atoms with van der Waals surface area (Å²) < 4.78 is 10.1. The summed E-state index contributed by atoms with van der Waals surface area (Å²) in [5.41, 5.74) is 2.59. The van der Waals surface area contributed by atoms with Crippen LogP contribution in [0.2, 0.25) is 0 Å². The van der Waals surface area contributed by atoms with E-state index >= 15 is 0 Å². The zero-order valence-electron chi connectivity index (χ0n) is 12.8. The van der Waals surface area contributed by atoms with Crippen LogP contribution in [0.5, 0.6) is 23.0 Å². The monoisotopic (exact) mass is 312 g/mol. The number of carbonyl (C=O) groups is 1. The van der Waals surface area contributed by atoms with Gasteiger partial charge in [0.2, 0.25) is 0 Å². The number of hydrogen-bond acceptors (Lipinski definition) is 5. The Labute approximate surface area is 133 Å². The third-order valence-electron chi connectivity index (χ3n) is 3.87. The van der Waals surface area contributed by atoms with Gasteiger partial charge in [0, 0.05) is 17.6 Å². The molecule has 1 aliphatic rings. The van der Waals surface area contributed by atoms with E-state index in [2.05, 4.69) is 0 Å². The van der Waals surface area contributed by atoms with Crippen LogP contribution in [-0.2, 0) is 6.42 Å². The van der Waals surface area contributed by atoms with Crippen LogP contribution in [0, 0.1) is 0 Å². The maximum atomic E-state index is 12.5. The average molecular weight is 312 g/mol. The van der Waals surface area contributed by atoms with E-state index in [1.807, 2.05) is 0 Å². The van der Waals surface area contributed by atoms with Gasteiger partial charge in [-0.15, -0.1) is 0 Å². The van der Waals surface area contributed by atoms with Crippen LogP contribution in [0.15, 0.2) is 35.9 Å². The molecule has 5 nitrogen and oxygen atoms in total. The van der Waals surface area contributed by atoms with Crippen molar-refractivity contribution in [1.29, 1.82) is 0 Å². The second kappa shape index (κ2) is 5.68. The maximum absolute atomic E-state index is 12.5. The van der Waals surface area contributed by atoms with E-state index in [0.717, 1.165) is 5.56 Å². The fraction of sp³-hybridized carbons (Fsp3) is 0.167. The lowest BCUT2D eigenvalue weighted by Gasteiger charge is -2.05. The number of allylic oxidation sites excluding steroid dienone is 1. The smallest absolute Gasteiger partial charge is 0.189 e. The number of methoxy groups -OCH3 is 2. The van der Waals surface area contributed by atoms with Gasteiger partial charge in [0.15, 0.2) is 28.8 Å². The lowest BCUT2D eigenvalue weighted by atomic mass is 10.1.